The van der Waals surface area contributed by atoms with E-state index >= 15 is 0 Å². The van der Waals surface area contributed by atoms with Gasteiger partial charge in [0.15, 0.2) is 32.6 Å². The lowest BCUT2D eigenvalue weighted by Crippen LogP contribution is -2.40. The predicted octanol–water partition coefficient (Wildman–Crippen LogP) is 14.5. The predicted molar refractivity (Wildman–Crippen MR) is 385 cm³/mol. The molecule has 1 heterocycles. The van der Waals surface area contributed by atoms with Crippen molar-refractivity contribution in [2.45, 2.75) is 133 Å². The summed E-state index contributed by atoms with van der Waals surface area (Å²) in [5.74, 6) is -2.18. The Labute approximate surface area is 598 Å². The van der Waals surface area contributed by atoms with Crippen LogP contribution in [-0.2, 0) is 47.7 Å². The zero-order chi connectivity index (χ0) is 75.3. The van der Waals surface area contributed by atoms with Gasteiger partial charge in [0, 0.05) is 86.4 Å². The average molecular weight is 1460 g/mol. The van der Waals surface area contributed by atoms with Crippen LogP contribution in [0.2, 0.25) is 0 Å². The summed E-state index contributed by atoms with van der Waals surface area (Å²) in [6, 6.07) is 60.5. The van der Waals surface area contributed by atoms with E-state index in [2.05, 4.69) is 160 Å². The molecule has 0 fully saturated rings. The summed E-state index contributed by atoms with van der Waals surface area (Å²) in [7, 11) is 5.09. The maximum Gasteiger partial charge on any atom is 0.364 e. The van der Waals surface area contributed by atoms with Crippen molar-refractivity contribution in [2.24, 2.45) is 21.8 Å². The van der Waals surface area contributed by atoms with Crippen molar-refractivity contribution < 1.29 is 85.8 Å². The van der Waals surface area contributed by atoms with Gasteiger partial charge in [-0.2, -0.15) is 17.6 Å². The highest BCUT2D eigenvalue weighted by Gasteiger charge is 2.50. The highest BCUT2D eigenvalue weighted by atomic mass is 32.2. The van der Waals surface area contributed by atoms with E-state index in [1.54, 1.807) is 12.4 Å². The van der Waals surface area contributed by atoms with Crippen molar-refractivity contribution in [2.75, 3.05) is 74.5 Å². The third-order valence-electron chi connectivity index (χ3n) is 16.4. The molecule has 6 aliphatic carbocycles. The number of hydrogen-bond acceptors (Lipinski definition) is 14. The molecule has 102 heavy (non-hydrogen) atoms. The molecule has 6 aliphatic rings. The van der Waals surface area contributed by atoms with E-state index in [0.717, 1.165) is 50.7 Å². The topological polar surface area (TPSA) is 239 Å². The second-order valence-corrected chi connectivity index (χ2v) is 30.5. The monoisotopic (exact) mass is 1460 g/mol. The molecule has 1 aromatic heterocycles. The molecule has 7 aromatic rings. The first-order valence-electron chi connectivity index (χ1n) is 32.9. The van der Waals surface area contributed by atoms with Crippen molar-refractivity contribution in [3.63, 3.8) is 0 Å². The fourth-order valence-electron chi connectivity index (χ4n) is 12.0. The van der Waals surface area contributed by atoms with Gasteiger partial charge in [0.05, 0.1) is 78.8 Å². The Morgan fingerprint density at radius 2 is 0.873 bits per heavy atom. The summed E-state index contributed by atoms with van der Waals surface area (Å²) in [4.78, 5) is 38.1. The number of aliphatic carboxylic acids is 1. The smallest absolute Gasteiger partial charge is 0.364 e. The van der Waals surface area contributed by atoms with Crippen LogP contribution in [0.3, 0.4) is 0 Å². The van der Waals surface area contributed by atoms with Crippen LogP contribution in [-0.4, -0.2) is 173 Å². The summed E-state index contributed by atoms with van der Waals surface area (Å²) < 4.78 is 144. The number of halogens is 6. The first-order valence-corrected chi connectivity index (χ1v) is 35.7. The number of nitrogens with zero attached hydrogens (tertiary/aromatic N) is 6. The van der Waals surface area contributed by atoms with Gasteiger partial charge in [0.25, 0.3) is 0 Å². The number of carbonyl (C=O) groups is 2. The van der Waals surface area contributed by atoms with E-state index in [1.807, 2.05) is 119 Å². The Morgan fingerprint density at radius 3 is 1.17 bits per heavy atom. The first-order chi connectivity index (χ1) is 47.2. The molecule has 17 nitrogen and oxygen atoms in total. The number of hydrogen-bond donors (Lipinski definition) is 2. The number of esters is 1. The van der Waals surface area contributed by atoms with E-state index < -0.39 is 87.0 Å². The van der Waals surface area contributed by atoms with Crippen molar-refractivity contribution in [3.05, 3.63) is 238 Å². The molecule has 0 spiro atoms. The zero-order valence-electron chi connectivity index (χ0n) is 59.1. The fourth-order valence-corrected chi connectivity index (χ4v) is 12.9. The van der Waals surface area contributed by atoms with Gasteiger partial charge in [0.2, 0.25) is 0 Å². The standard InChI is InChI=1S/C21H19F3O5S.C17H14O2.2C10H16N.C7H10N2.C7H14N2.C4H7F3O4S.CH4/c22-18(21(23,24)30(26,27)28)9-10-29-20(25)17-11-16-12-5-1-3-7-14(12)19(17)15-8-4-2-6-13(15)16;18-17(19)15-9-14-10-5-1-3-7-12(10)16(15)13-8-4-2-6-11(13)14;2*1-11(2,3)9-10-7-5-4-6-8-10;1-9(2)7-3-5-8-6-4-7;1-6(2)8-5-9-7(3)4;5-3(1-2-8)4(6,7)12(9,10)11;/h1-8,16-19H,9-11H2,(H,26,27,28);1-8,14-16H,9H2,(H,18,19);2*4-8H,9H2,1-3H3;3-6H,1-2H3;6-7H,1-4H3;3,8H,1-2H2,(H,9,10,11);1H4/q;;2*+1;;;;/p-2. The molecule has 2 N–H and O–H groups in total. The number of carboxylic acids is 1. The number of carbonyl (C=O) groups excluding carboxylic acids is 1. The van der Waals surface area contributed by atoms with Crippen molar-refractivity contribution in [3.8, 4) is 0 Å². The Hall–Kier alpha value is -8.13. The highest BCUT2D eigenvalue weighted by molar-refractivity contribution is 7.87. The minimum Gasteiger partial charge on any atom is -0.743 e. The first kappa shape index (κ1) is 86.3. The second-order valence-electron chi connectivity index (χ2n) is 27.5. The van der Waals surface area contributed by atoms with Gasteiger partial charge in [-0.1, -0.05) is 165 Å². The van der Waals surface area contributed by atoms with Crippen LogP contribution < -0.4 is 4.90 Å². The number of benzene rings is 6. The number of fused-ring (bicyclic) bond motifs is 2. The summed E-state index contributed by atoms with van der Waals surface area (Å²) in [5, 5.41) is 7.48. The number of anilines is 1. The van der Waals surface area contributed by atoms with E-state index in [1.165, 1.54) is 39.1 Å². The van der Waals surface area contributed by atoms with Gasteiger partial charge in [0.1, 0.15) is 13.1 Å². The molecule has 25 heteroatoms. The Morgan fingerprint density at radius 1 is 0.559 bits per heavy atom. The van der Waals surface area contributed by atoms with Crippen LogP contribution in [0.15, 0.2) is 192 Å². The number of aromatic nitrogens is 1. The second kappa shape index (κ2) is 38.4. The van der Waals surface area contributed by atoms with Crippen LogP contribution in [0.25, 0.3) is 0 Å². The molecule has 0 saturated carbocycles. The quantitative estimate of drug-likeness (QED) is 0.0267. The zero-order valence-corrected chi connectivity index (χ0v) is 60.7. The summed E-state index contributed by atoms with van der Waals surface area (Å²) in [5.41, 5.74) is 13.3. The highest BCUT2D eigenvalue weighted by Crippen LogP contribution is 2.57. The Balaban J connectivity index is 0.000000267. The van der Waals surface area contributed by atoms with Gasteiger partial charge >= 0.3 is 22.4 Å². The molecular formula is C77H98F6N6O11S2. The third-order valence-corrected chi connectivity index (χ3v) is 18.3. The SMILES string of the molecule is C.CC(C)N=C=NC(C)C.CN(C)c1ccncc1.C[N+](C)(C)Cc1ccccc1.C[N+](C)(C)Cc1ccccc1.O=C(O)C1CC2c3ccccc3C1c1ccccc12.O=C(OCCC(F)C(F)(F)S(=O)(=O)[O-])C1CC2c3ccccc3C1c1ccccc12.O=S(=O)([O-])C(F)(F)C(F)CCO. The van der Waals surface area contributed by atoms with Crippen LogP contribution in [0, 0.1) is 11.8 Å². The normalized spacial score (nSPS) is 17.9. The molecule has 4 atom stereocenters. The van der Waals surface area contributed by atoms with Crippen molar-refractivity contribution >= 4 is 43.9 Å². The van der Waals surface area contributed by atoms with Crippen molar-refractivity contribution in [1.82, 2.24) is 4.98 Å². The lowest BCUT2D eigenvalue weighted by Gasteiger charge is -2.44. The van der Waals surface area contributed by atoms with Gasteiger partial charge in [-0.05, 0) is 97.2 Å². The largest absolute Gasteiger partial charge is 0.743 e. The number of aliphatic hydroxyl groups is 1. The molecule has 6 aromatic carbocycles. The van der Waals surface area contributed by atoms with E-state index in [-0.39, 0.29) is 37.0 Å². The van der Waals surface area contributed by atoms with Crippen molar-refractivity contribution in [1.29, 1.82) is 0 Å². The molecule has 556 valence electrons. The van der Waals surface area contributed by atoms with Gasteiger partial charge in [-0.25, -0.2) is 35.6 Å². The van der Waals surface area contributed by atoms with Crippen LogP contribution in [0.4, 0.5) is 32.0 Å². The molecule has 4 bridgehead atoms. The minimum absolute atomic E-state index is 0. The number of alkyl halides is 6. The average Bonchev–Trinajstić information content (AvgIpc) is 0.728. The number of aliphatic hydroxyl groups excluding tert-OH is 1. The van der Waals surface area contributed by atoms with Gasteiger partial charge in [-0.15, -0.1) is 0 Å². The number of carboxylic acid groups (broad SMARTS) is 1. The fraction of sp³-hybridized carbons (Fsp3) is 0.429. The molecular weight excluding hydrogens is 1360 g/mol. The number of rotatable bonds is 18. The van der Waals surface area contributed by atoms with E-state index in [0.29, 0.717) is 18.5 Å². The molecule has 4 unspecified atom stereocenters. The molecule has 0 amide bonds. The molecule has 0 radical (unpaired) electrons. The molecule has 0 saturated heterocycles. The van der Waals surface area contributed by atoms with Crippen LogP contribution in [0.1, 0.15) is 140 Å². The van der Waals surface area contributed by atoms with Gasteiger partial charge < -0.3 is 37.9 Å². The number of aliphatic imine (C=N–C) groups is 2. The molecule has 0 aliphatic heterocycles. The van der Waals surface area contributed by atoms with E-state index in [4.69, 9.17) is 9.84 Å². The van der Waals surface area contributed by atoms with Crippen LogP contribution >= 0.6 is 0 Å². The Bertz CT molecular complexity index is 3910. The third kappa shape index (κ3) is 24.8. The lowest BCUT2D eigenvalue weighted by molar-refractivity contribution is -0.884. The number of quaternary nitrogens is 2. The number of pyridine rings is 1. The van der Waals surface area contributed by atoms with E-state index in [9.17, 15) is 67.0 Å². The summed E-state index contributed by atoms with van der Waals surface area (Å²) in [6.45, 7) is 8.51. The van der Waals surface area contributed by atoms with Gasteiger partial charge in [-0.3, -0.25) is 14.6 Å². The summed E-state index contributed by atoms with van der Waals surface area (Å²) in [6.07, 6.45) is -3.81. The number of ether oxygens (including phenoxy) is 1. The summed E-state index contributed by atoms with van der Waals surface area (Å²) >= 11 is 0. The van der Waals surface area contributed by atoms with Crippen LogP contribution in [0.5, 0.6) is 0 Å². The maximum atomic E-state index is 13.6. The lowest BCUT2D eigenvalue weighted by atomic mass is 9.59. The Kier molecular flexibility index (Phi) is 32.5. The minimum atomic E-state index is -6.15. The maximum absolute atomic E-state index is 13.6. The molecule has 13 rings (SSSR count).